The van der Waals surface area contributed by atoms with Crippen molar-refractivity contribution in [1.29, 1.82) is 0 Å². The summed E-state index contributed by atoms with van der Waals surface area (Å²) in [6.45, 7) is 6.32. The summed E-state index contributed by atoms with van der Waals surface area (Å²) >= 11 is 7.48. The van der Waals surface area contributed by atoms with Crippen LogP contribution >= 0.6 is 22.9 Å². The van der Waals surface area contributed by atoms with E-state index in [4.69, 9.17) is 11.6 Å². The number of thiophene rings is 1. The molecule has 4 heteroatoms. The van der Waals surface area contributed by atoms with Crippen LogP contribution in [0.5, 0.6) is 0 Å². The van der Waals surface area contributed by atoms with Crippen molar-refractivity contribution in [2.45, 2.75) is 19.9 Å². The fraction of sp³-hybridized carbons (Fsp3) is 0.600. The Bertz CT molecular complexity index is 273. The Morgan fingerprint density at radius 1 is 1.50 bits per heavy atom. The first-order chi connectivity index (χ1) is 6.59. The van der Waals surface area contributed by atoms with Gasteiger partial charge in [-0.05, 0) is 12.1 Å². The molecule has 0 spiro atoms. The molecule has 0 aliphatic heterocycles. The molecule has 0 aliphatic rings. The normalized spacial score (nSPS) is 10.9. The van der Waals surface area contributed by atoms with Gasteiger partial charge in [-0.2, -0.15) is 0 Å². The van der Waals surface area contributed by atoms with Crippen molar-refractivity contribution in [3.8, 4) is 0 Å². The zero-order valence-electron chi connectivity index (χ0n) is 8.88. The Morgan fingerprint density at radius 3 is 2.71 bits per heavy atom. The van der Waals surface area contributed by atoms with E-state index >= 15 is 0 Å². The van der Waals surface area contributed by atoms with Gasteiger partial charge >= 0.3 is 0 Å². The summed E-state index contributed by atoms with van der Waals surface area (Å²) in [7, 11) is 2.09. The van der Waals surface area contributed by atoms with Crippen molar-refractivity contribution >= 4 is 27.9 Å². The van der Waals surface area contributed by atoms with E-state index in [1.807, 2.05) is 6.07 Å². The molecule has 0 fully saturated rings. The summed E-state index contributed by atoms with van der Waals surface area (Å²) in [6, 6.07) is 4.55. The third-order valence-electron chi connectivity index (χ3n) is 1.94. The molecular formula is C10H17ClN2S. The van der Waals surface area contributed by atoms with Crippen LogP contribution in [0.4, 0.5) is 5.00 Å². The van der Waals surface area contributed by atoms with Crippen molar-refractivity contribution in [2.24, 2.45) is 0 Å². The highest BCUT2D eigenvalue weighted by Crippen LogP contribution is 2.28. The van der Waals surface area contributed by atoms with Gasteiger partial charge in [0, 0.05) is 26.2 Å². The topological polar surface area (TPSA) is 15.3 Å². The maximum absolute atomic E-state index is 5.87. The maximum Gasteiger partial charge on any atom is 0.0950 e. The lowest BCUT2D eigenvalue weighted by molar-refractivity contribution is 0.590. The van der Waals surface area contributed by atoms with Gasteiger partial charge in [-0.1, -0.05) is 25.4 Å². The molecule has 0 saturated carbocycles. The van der Waals surface area contributed by atoms with Crippen LogP contribution < -0.4 is 10.2 Å². The molecule has 0 aromatic carbocycles. The van der Waals surface area contributed by atoms with Gasteiger partial charge in [0.25, 0.3) is 0 Å². The lowest BCUT2D eigenvalue weighted by Gasteiger charge is -2.18. The van der Waals surface area contributed by atoms with Gasteiger partial charge in [-0.3, -0.25) is 0 Å². The smallest absolute Gasteiger partial charge is 0.0950 e. The summed E-state index contributed by atoms with van der Waals surface area (Å²) in [5.41, 5.74) is 0. The van der Waals surface area contributed by atoms with Crippen molar-refractivity contribution < 1.29 is 0 Å². The second-order valence-corrected chi connectivity index (χ2v) is 5.30. The molecule has 0 aliphatic carbocycles. The monoisotopic (exact) mass is 232 g/mol. The number of nitrogens with zero attached hydrogens (tertiary/aromatic N) is 1. The van der Waals surface area contributed by atoms with Crippen molar-refractivity contribution in [2.75, 3.05) is 25.0 Å². The van der Waals surface area contributed by atoms with E-state index in [-0.39, 0.29) is 0 Å². The van der Waals surface area contributed by atoms with E-state index in [0.29, 0.717) is 6.04 Å². The predicted molar refractivity (Wildman–Crippen MR) is 65.7 cm³/mol. The van der Waals surface area contributed by atoms with Crippen molar-refractivity contribution in [1.82, 2.24) is 5.32 Å². The molecule has 1 rings (SSSR count). The Kier molecular flexibility index (Phi) is 4.72. The standard InChI is InChI=1S/C10H17ClN2S/c1-8(2)12-6-7-13(3)10-5-4-9(11)14-10/h4-5,8,12H,6-7H2,1-3H3. The van der Waals surface area contributed by atoms with Crippen LogP contribution in [-0.2, 0) is 0 Å². The molecule has 1 aromatic rings. The molecular weight excluding hydrogens is 216 g/mol. The molecule has 0 bridgehead atoms. The van der Waals surface area contributed by atoms with Crippen molar-refractivity contribution in [3.05, 3.63) is 16.5 Å². The average Bonchev–Trinajstić information content (AvgIpc) is 2.51. The molecule has 14 heavy (non-hydrogen) atoms. The van der Waals surface area contributed by atoms with E-state index in [1.165, 1.54) is 5.00 Å². The first-order valence-corrected chi connectivity index (χ1v) is 5.99. The average molecular weight is 233 g/mol. The highest BCUT2D eigenvalue weighted by molar-refractivity contribution is 7.19. The van der Waals surface area contributed by atoms with Gasteiger partial charge in [0.2, 0.25) is 0 Å². The molecule has 0 amide bonds. The number of hydrogen-bond acceptors (Lipinski definition) is 3. The van der Waals surface area contributed by atoms with E-state index in [0.717, 1.165) is 17.4 Å². The van der Waals surface area contributed by atoms with Gasteiger partial charge in [0.15, 0.2) is 0 Å². The molecule has 0 saturated heterocycles. The SMILES string of the molecule is CC(C)NCCN(C)c1ccc(Cl)s1. The highest BCUT2D eigenvalue weighted by Gasteiger charge is 2.03. The summed E-state index contributed by atoms with van der Waals surface area (Å²) in [5.74, 6) is 0. The Morgan fingerprint density at radius 2 is 2.21 bits per heavy atom. The lowest BCUT2D eigenvalue weighted by Crippen LogP contribution is -2.32. The van der Waals surface area contributed by atoms with Gasteiger partial charge in [-0.15, -0.1) is 11.3 Å². The predicted octanol–water partition coefficient (Wildman–Crippen LogP) is 2.84. The highest BCUT2D eigenvalue weighted by atomic mass is 35.5. The van der Waals surface area contributed by atoms with Crippen LogP contribution in [0.1, 0.15) is 13.8 Å². The van der Waals surface area contributed by atoms with E-state index < -0.39 is 0 Å². The van der Waals surface area contributed by atoms with Crippen LogP contribution in [0.15, 0.2) is 12.1 Å². The molecule has 1 aromatic heterocycles. The summed E-state index contributed by atoms with van der Waals surface area (Å²) in [5, 5.41) is 4.61. The first-order valence-electron chi connectivity index (χ1n) is 4.79. The zero-order valence-corrected chi connectivity index (χ0v) is 10.5. The zero-order chi connectivity index (χ0) is 10.6. The van der Waals surface area contributed by atoms with Crippen molar-refractivity contribution in [3.63, 3.8) is 0 Å². The Balaban J connectivity index is 2.32. The third kappa shape index (κ3) is 3.86. The van der Waals surface area contributed by atoms with E-state index in [2.05, 4.69) is 37.2 Å². The van der Waals surface area contributed by atoms with E-state index in [9.17, 15) is 0 Å². The number of halogens is 1. The van der Waals surface area contributed by atoms with Gasteiger partial charge in [-0.25, -0.2) is 0 Å². The maximum atomic E-state index is 5.87. The molecule has 1 heterocycles. The first kappa shape index (κ1) is 11.8. The largest absolute Gasteiger partial charge is 0.365 e. The van der Waals surface area contributed by atoms with E-state index in [1.54, 1.807) is 11.3 Å². The minimum absolute atomic E-state index is 0.551. The van der Waals surface area contributed by atoms with Crippen LogP contribution in [0.2, 0.25) is 4.34 Å². The quantitative estimate of drug-likeness (QED) is 0.840. The summed E-state index contributed by atoms with van der Waals surface area (Å²) in [4.78, 5) is 2.21. The summed E-state index contributed by atoms with van der Waals surface area (Å²) in [6.07, 6.45) is 0. The molecule has 0 atom stereocenters. The number of rotatable bonds is 5. The second kappa shape index (κ2) is 5.59. The Hall–Kier alpha value is -0.250. The third-order valence-corrected chi connectivity index (χ3v) is 3.28. The van der Waals surface area contributed by atoms with Crippen LogP contribution in [0, 0.1) is 0 Å². The minimum Gasteiger partial charge on any atom is -0.365 e. The number of likely N-dealkylation sites (N-methyl/N-ethyl adjacent to an activating group) is 1. The van der Waals surface area contributed by atoms with Gasteiger partial charge in [0.1, 0.15) is 0 Å². The Labute approximate surface area is 94.9 Å². The van der Waals surface area contributed by atoms with Crippen LogP contribution in [0.25, 0.3) is 0 Å². The number of hydrogen-bond donors (Lipinski definition) is 1. The number of nitrogens with one attached hydrogen (secondary N) is 1. The van der Waals surface area contributed by atoms with Crippen LogP contribution in [-0.4, -0.2) is 26.2 Å². The minimum atomic E-state index is 0.551. The van der Waals surface area contributed by atoms with Gasteiger partial charge in [0.05, 0.1) is 9.34 Å². The lowest BCUT2D eigenvalue weighted by atomic mass is 10.4. The molecule has 2 nitrogen and oxygen atoms in total. The molecule has 0 radical (unpaired) electrons. The fourth-order valence-corrected chi connectivity index (χ4v) is 2.16. The molecule has 1 N–H and O–H groups in total. The fourth-order valence-electron chi connectivity index (χ4n) is 1.14. The molecule has 0 unspecified atom stereocenters. The number of anilines is 1. The van der Waals surface area contributed by atoms with Gasteiger partial charge < -0.3 is 10.2 Å². The summed E-state index contributed by atoms with van der Waals surface area (Å²) < 4.78 is 0.851. The van der Waals surface area contributed by atoms with Crippen LogP contribution in [0.3, 0.4) is 0 Å². The molecule has 80 valence electrons. The second-order valence-electron chi connectivity index (χ2n) is 3.61.